The average molecular weight is 361 g/mol. The third kappa shape index (κ3) is 3.08. The molecule has 0 amide bonds. The Hall–Kier alpha value is -0.430. The van der Waals surface area contributed by atoms with Crippen LogP contribution >= 0.6 is 15.9 Å². The van der Waals surface area contributed by atoms with Gasteiger partial charge in [0.15, 0.2) is 0 Å². The number of nitrogens with two attached hydrogens (primary N) is 1. The molecular formula is C14H21BrN2O2S. The van der Waals surface area contributed by atoms with Gasteiger partial charge in [-0.2, -0.15) is 4.31 Å². The van der Waals surface area contributed by atoms with E-state index < -0.39 is 10.0 Å². The zero-order valence-corrected chi connectivity index (χ0v) is 14.2. The second kappa shape index (κ2) is 6.13. The summed E-state index contributed by atoms with van der Waals surface area (Å²) in [7, 11) is -3.48. The fourth-order valence-corrected chi connectivity index (χ4v) is 5.16. The van der Waals surface area contributed by atoms with Gasteiger partial charge in [0.25, 0.3) is 0 Å². The van der Waals surface area contributed by atoms with Gasteiger partial charge in [-0.3, -0.25) is 0 Å². The summed E-state index contributed by atoms with van der Waals surface area (Å²) in [4.78, 5) is 0.375. The molecule has 4 nitrogen and oxygen atoms in total. The van der Waals surface area contributed by atoms with E-state index >= 15 is 0 Å². The summed E-state index contributed by atoms with van der Waals surface area (Å²) in [6.07, 6.45) is 1.73. The van der Waals surface area contributed by atoms with Crippen molar-refractivity contribution in [1.29, 1.82) is 0 Å². The highest BCUT2D eigenvalue weighted by molar-refractivity contribution is 9.10. The lowest BCUT2D eigenvalue weighted by atomic mass is 9.94. The molecule has 0 saturated carbocycles. The molecular weight excluding hydrogens is 340 g/mol. The van der Waals surface area contributed by atoms with Gasteiger partial charge in [0.1, 0.15) is 0 Å². The Morgan fingerprint density at radius 3 is 2.80 bits per heavy atom. The Morgan fingerprint density at radius 1 is 1.45 bits per heavy atom. The molecule has 2 atom stereocenters. The van der Waals surface area contributed by atoms with E-state index in [1.807, 2.05) is 19.1 Å². The van der Waals surface area contributed by atoms with Crippen LogP contribution in [0.3, 0.4) is 0 Å². The van der Waals surface area contributed by atoms with Crippen molar-refractivity contribution in [2.45, 2.75) is 37.6 Å². The van der Waals surface area contributed by atoms with E-state index in [-0.39, 0.29) is 6.04 Å². The Morgan fingerprint density at radius 2 is 2.15 bits per heavy atom. The van der Waals surface area contributed by atoms with Crippen LogP contribution < -0.4 is 5.73 Å². The number of sulfonamides is 1. The van der Waals surface area contributed by atoms with Crippen molar-refractivity contribution in [1.82, 2.24) is 4.31 Å². The highest BCUT2D eigenvalue weighted by Gasteiger charge is 2.35. The Labute approximate surface area is 129 Å². The number of benzene rings is 1. The van der Waals surface area contributed by atoms with Gasteiger partial charge in [-0.05, 0) is 43.4 Å². The first-order chi connectivity index (χ1) is 9.36. The summed E-state index contributed by atoms with van der Waals surface area (Å²) in [5.74, 6) is 0.526. The third-order valence-corrected chi connectivity index (χ3v) is 6.52. The molecule has 1 fully saturated rings. The van der Waals surface area contributed by atoms with Crippen LogP contribution in [0.5, 0.6) is 0 Å². The molecule has 1 saturated heterocycles. The highest BCUT2D eigenvalue weighted by Crippen LogP contribution is 2.30. The molecule has 1 aliphatic heterocycles. The molecule has 1 aromatic rings. The lowest BCUT2D eigenvalue weighted by molar-refractivity contribution is 0.211. The largest absolute Gasteiger partial charge is 0.329 e. The normalized spacial score (nSPS) is 24.8. The molecule has 0 aliphatic carbocycles. The molecule has 0 bridgehead atoms. The van der Waals surface area contributed by atoms with E-state index in [0.29, 0.717) is 23.9 Å². The van der Waals surface area contributed by atoms with Gasteiger partial charge in [-0.25, -0.2) is 8.42 Å². The first kappa shape index (κ1) is 15.9. The van der Waals surface area contributed by atoms with Crippen LogP contribution in [0.1, 0.15) is 25.3 Å². The van der Waals surface area contributed by atoms with E-state index in [1.165, 1.54) is 0 Å². The van der Waals surface area contributed by atoms with Gasteiger partial charge < -0.3 is 5.73 Å². The average Bonchev–Trinajstić information content (AvgIpc) is 2.40. The molecule has 1 aliphatic rings. The van der Waals surface area contributed by atoms with E-state index in [1.54, 1.807) is 10.4 Å². The molecule has 1 heterocycles. The summed E-state index contributed by atoms with van der Waals surface area (Å²) in [6, 6.07) is 5.26. The first-order valence-corrected chi connectivity index (χ1v) is 9.07. The number of hydrogen-bond acceptors (Lipinski definition) is 3. The number of aryl methyl sites for hydroxylation is 1. The monoisotopic (exact) mass is 360 g/mol. The standard InChI is InChI=1S/C14H21BrN2O2S/c1-10-5-6-17(13(7-10)9-16)20(18,19)14-8-12(15)4-3-11(14)2/h3-4,8,10,13H,5-7,9,16H2,1-2H3. The third-order valence-electron chi connectivity index (χ3n) is 3.93. The summed E-state index contributed by atoms with van der Waals surface area (Å²) >= 11 is 3.35. The predicted molar refractivity (Wildman–Crippen MR) is 84.0 cm³/mol. The maximum Gasteiger partial charge on any atom is 0.243 e. The van der Waals surface area contributed by atoms with Crippen molar-refractivity contribution in [3.63, 3.8) is 0 Å². The predicted octanol–water partition coefficient (Wildman–Crippen LogP) is 2.51. The molecule has 2 unspecified atom stereocenters. The van der Waals surface area contributed by atoms with Gasteiger partial charge >= 0.3 is 0 Å². The van der Waals surface area contributed by atoms with Crippen LogP contribution in [0, 0.1) is 12.8 Å². The maximum atomic E-state index is 12.9. The van der Waals surface area contributed by atoms with Crippen molar-refractivity contribution >= 4 is 26.0 Å². The molecule has 0 radical (unpaired) electrons. The number of hydrogen-bond donors (Lipinski definition) is 1. The lowest BCUT2D eigenvalue weighted by Crippen LogP contribution is -2.49. The van der Waals surface area contributed by atoms with Gasteiger partial charge in [0.2, 0.25) is 10.0 Å². The minimum Gasteiger partial charge on any atom is -0.329 e. The summed E-state index contributed by atoms with van der Waals surface area (Å²) in [5, 5.41) is 0. The summed E-state index contributed by atoms with van der Waals surface area (Å²) < 4.78 is 28.1. The zero-order valence-electron chi connectivity index (χ0n) is 11.8. The Balaban J connectivity index is 2.41. The molecule has 112 valence electrons. The van der Waals surface area contributed by atoms with E-state index in [0.717, 1.165) is 22.9 Å². The Bertz CT molecular complexity index is 589. The SMILES string of the molecule is Cc1ccc(Br)cc1S(=O)(=O)N1CCC(C)CC1CN. The Kier molecular flexibility index (Phi) is 4.89. The fourth-order valence-electron chi connectivity index (χ4n) is 2.74. The molecule has 20 heavy (non-hydrogen) atoms. The molecule has 2 rings (SSSR count). The summed E-state index contributed by atoms with van der Waals surface area (Å²) in [6.45, 7) is 4.90. The van der Waals surface area contributed by atoms with Gasteiger partial charge in [-0.1, -0.05) is 28.9 Å². The quantitative estimate of drug-likeness (QED) is 0.900. The lowest BCUT2D eigenvalue weighted by Gasteiger charge is -2.37. The topological polar surface area (TPSA) is 63.4 Å². The molecule has 6 heteroatoms. The number of rotatable bonds is 3. The second-order valence-electron chi connectivity index (χ2n) is 5.54. The maximum absolute atomic E-state index is 12.9. The minimum atomic E-state index is -3.48. The minimum absolute atomic E-state index is 0.0952. The zero-order chi connectivity index (χ0) is 14.9. The van der Waals surface area contributed by atoms with Crippen LogP contribution in [-0.2, 0) is 10.0 Å². The molecule has 2 N–H and O–H groups in total. The van der Waals surface area contributed by atoms with Crippen molar-refractivity contribution in [2.24, 2.45) is 11.7 Å². The van der Waals surface area contributed by atoms with Crippen LogP contribution in [0.15, 0.2) is 27.6 Å². The van der Waals surface area contributed by atoms with E-state index in [2.05, 4.69) is 22.9 Å². The van der Waals surface area contributed by atoms with Crippen LogP contribution in [0.4, 0.5) is 0 Å². The van der Waals surface area contributed by atoms with Gasteiger partial charge in [0.05, 0.1) is 4.90 Å². The van der Waals surface area contributed by atoms with Crippen molar-refractivity contribution in [2.75, 3.05) is 13.1 Å². The summed E-state index contributed by atoms with van der Waals surface area (Å²) in [5.41, 5.74) is 6.55. The van der Waals surface area contributed by atoms with Crippen LogP contribution in [0.2, 0.25) is 0 Å². The van der Waals surface area contributed by atoms with Crippen molar-refractivity contribution in [3.05, 3.63) is 28.2 Å². The van der Waals surface area contributed by atoms with Crippen molar-refractivity contribution in [3.8, 4) is 0 Å². The van der Waals surface area contributed by atoms with Crippen LogP contribution in [-0.4, -0.2) is 31.9 Å². The van der Waals surface area contributed by atoms with Gasteiger partial charge in [0, 0.05) is 23.6 Å². The van der Waals surface area contributed by atoms with Crippen LogP contribution in [0.25, 0.3) is 0 Å². The second-order valence-corrected chi connectivity index (χ2v) is 8.32. The first-order valence-electron chi connectivity index (χ1n) is 6.84. The molecule has 0 spiro atoms. The number of halogens is 1. The van der Waals surface area contributed by atoms with Gasteiger partial charge in [-0.15, -0.1) is 0 Å². The van der Waals surface area contributed by atoms with E-state index in [9.17, 15) is 8.42 Å². The molecule has 0 aromatic heterocycles. The number of piperidine rings is 1. The molecule has 1 aromatic carbocycles. The highest BCUT2D eigenvalue weighted by atomic mass is 79.9. The van der Waals surface area contributed by atoms with Crippen molar-refractivity contribution < 1.29 is 8.42 Å². The van der Waals surface area contributed by atoms with E-state index in [4.69, 9.17) is 5.73 Å². The number of nitrogens with zero attached hydrogens (tertiary/aromatic N) is 1. The fraction of sp³-hybridized carbons (Fsp3) is 0.571. The smallest absolute Gasteiger partial charge is 0.243 e.